The van der Waals surface area contributed by atoms with Crippen molar-refractivity contribution in [1.29, 1.82) is 0 Å². The van der Waals surface area contributed by atoms with E-state index in [9.17, 15) is 14.3 Å². The first-order valence-electron chi connectivity index (χ1n) is 5.72. The number of carbonyl (C=O) groups is 1. The molecule has 98 valence electrons. The van der Waals surface area contributed by atoms with Crippen molar-refractivity contribution >= 4 is 38.9 Å². The van der Waals surface area contributed by atoms with Crippen molar-refractivity contribution in [2.45, 2.75) is 18.6 Å². The molecule has 3 heterocycles. The number of halogens is 2. The Hall–Kier alpha value is -0.660. The molecule has 0 aromatic carbocycles. The van der Waals surface area contributed by atoms with Gasteiger partial charge in [0.1, 0.15) is 11.0 Å². The second-order valence-electron chi connectivity index (χ2n) is 4.59. The summed E-state index contributed by atoms with van der Waals surface area (Å²) in [4.78, 5) is 14.5. The van der Waals surface area contributed by atoms with Crippen molar-refractivity contribution in [2.75, 3.05) is 24.6 Å². The standard InChI is InChI=1S/C11H12BrFN2O2S/c12-10-7-1-5(13)2-15-3-6(4-16)14-11(17)9(18-10)8(7)15/h5-6,16H,1-4H2,(H,14,17)/t5-,6+/m0/s1. The lowest BCUT2D eigenvalue weighted by molar-refractivity contribution is 0.0928. The number of nitrogens with zero attached hydrogens (tertiary/aromatic N) is 1. The van der Waals surface area contributed by atoms with E-state index < -0.39 is 6.17 Å². The van der Waals surface area contributed by atoms with Crippen molar-refractivity contribution in [3.8, 4) is 0 Å². The maximum Gasteiger partial charge on any atom is 0.263 e. The number of hydrogen-bond donors (Lipinski definition) is 2. The number of alkyl halides is 1. The highest BCUT2D eigenvalue weighted by Gasteiger charge is 2.36. The van der Waals surface area contributed by atoms with E-state index in [1.165, 1.54) is 11.3 Å². The molecule has 4 nitrogen and oxygen atoms in total. The summed E-state index contributed by atoms with van der Waals surface area (Å²) in [6.45, 7) is 0.602. The Bertz CT molecular complexity index is 507. The van der Waals surface area contributed by atoms with Crippen molar-refractivity contribution in [1.82, 2.24) is 5.32 Å². The zero-order valence-corrected chi connectivity index (χ0v) is 11.9. The fourth-order valence-corrected chi connectivity index (χ4v) is 4.36. The van der Waals surface area contributed by atoms with Crippen LogP contribution in [0.3, 0.4) is 0 Å². The molecule has 0 bridgehead atoms. The number of amides is 1. The highest BCUT2D eigenvalue weighted by molar-refractivity contribution is 9.11. The summed E-state index contributed by atoms with van der Waals surface area (Å²) in [7, 11) is 0. The average Bonchev–Trinajstić information content (AvgIpc) is 2.59. The summed E-state index contributed by atoms with van der Waals surface area (Å²) >= 11 is 4.74. The Morgan fingerprint density at radius 3 is 3.06 bits per heavy atom. The number of rotatable bonds is 1. The van der Waals surface area contributed by atoms with Crippen LogP contribution in [0, 0.1) is 0 Å². The largest absolute Gasteiger partial charge is 0.394 e. The molecule has 0 saturated carbocycles. The molecule has 0 saturated heterocycles. The number of aliphatic hydroxyl groups is 1. The Morgan fingerprint density at radius 2 is 2.33 bits per heavy atom. The van der Waals surface area contributed by atoms with E-state index >= 15 is 0 Å². The fourth-order valence-electron chi connectivity index (χ4n) is 2.54. The van der Waals surface area contributed by atoms with Crippen LogP contribution in [0.4, 0.5) is 10.1 Å². The molecule has 0 fully saturated rings. The molecular formula is C11H12BrFN2O2S. The molecule has 0 radical (unpaired) electrons. The third-order valence-corrected chi connectivity index (χ3v) is 5.27. The van der Waals surface area contributed by atoms with Crippen LogP contribution < -0.4 is 10.2 Å². The molecule has 7 heteroatoms. The molecule has 2 aliphatic rings. The normalized spacial score (nSPS) is 26.6. The molecule has 18 heavy (non-hydrogen) atoms. The molecule has 0 unspecified atom stereocenters. The number of hydrogen-bond acceptors (Lipinski definition) is 4. The lowest BCUT2D eigenvalue weighted by atomic mass is 10.0. The van der Waals surface area contributed by atoms with E-state index in [4.69, 9.17) is 0 Å². The van der Waals surface area contributed by atoms with Crippen LogP contribution in [-0.2, 0) is 6.42 Å². The highest BCUT2D eigenvalue weighted by atomic mass is 79.9. The second kappa shape index (κ2) is 4.47. The van der Waals surface area contributed by atoms with Crippen LogP contribution in [0.2, 0.25) is 0 Å². The van der Waals surface area contributed by atoms with E-state index in [-0.39, 0.29) is 25.1 Å². The van der Waals surface area contributed by atoms with E-state index in [1.807, 2.05) is 4.90 Å². The minimum absolute atomic E-state index is 0.134. The lowest BCUT2D eigenvalue weighted by Gasteiger charge is -2.32. The van der Waals surface area contributed by atoms with Crippen LogP contribution in [0.25, 0.3) is 0 Å². The van der Waals surface area contributed by atoms with Crippen LogP contribution in [0.1, 0.15) is 15.2 Å². The minimum Gasteiger partial charge on any atom is -0.394 e. The van der Waals surface area contributed by atoms with Gasteiger partial charge in [-0.15, -0.1) is 11.3 Å². The smallest absolute Gasteiger partial charge is 0.263 e. The molecule has 1 aromatic heterocycles. The van der Waals surface area contributed by atoms with Gasteiger partial charge in [0.25, 0.3) is 5.91 Å². The molecule has 0 aliphatic carbocycles. The van der Waals surface area contributed by atoms with E-state index in [0.717, 1.165) is 15.0 Å². The van der Waals surface area contributed by atoms with Gasteiger partial charge in [-0.1, -0.05) is 0 Å². The van der Waals surface area contributed by atoms with Crippen molar-refractivity contribution in [2.24, 2.45) is 0 Å². The molecular weight excluding hydrogens is 323 g/mol. The van der Waals surface area contributed by atoms with Crippen molar-refractivity contribution in [3.05, 3.63) is 14.2 Å². The van der Waals surface area contributed by atoms with Gasteiger partial charge >= 0.3 is 0 Å². The van der Waals surface area contributed by atoms with Crippen molar-refractivity contribution in [3.63, 3.8) is 0 Å². The summed E-state index contributed by atoms with van der Waals surface area (Å²) in [6.07, 6.45) is -0.580. The minimum atomic E-state index is -0.927. The SMILES string of the molecule is O=C1N[C@@H](CO)CN2C[C@@H](F)Cc3c(Br)sc1c32. The molecule has 2 atom stereocenters. The fraction of sp³-hybridized carbons (Fsp3) is 0.545. The quantitative estimate of drug-likeness (QED) is 0.814. The Labute approximate surface area is 116 Å². The van der Waals surface area contributed by atoms with Gasteiger partial charge in [-0.3, -0.25) is 4.79 Å². The molecule has 2 aliphatic heterocycles. The third-order valence-electron chi connectivity index (χ3n) is 3.29. The Balaban J connectivity index is 2.10. The molecule has 2 N–H and O–H groups in total. The van der Waals surface area contributed by atoms with Gasteiger partial charge in [0, 0.05) is 25.1 Å². The van der Waals surface area contributed by atoms with E-state index in [1.54, 1.807) is 0 Å². The summed E-state index contributed by atoms with van der Waals surface area (Å²) in [5.74, 6) is -0.180. The predicted molar refractivity (Wildman–Crippen MR) is 71.2 cm³/mol. The van der Waals surface area contributed by atoms with Crippen molar-refractivity contribution < 1.29 is 14.3 Å². The molecule has 3 rings (SSSR count). The topological polar surface area (TPSA) is 52.6 Å². The summed E-state index contributed by atoms with van der Waals surface area (Å²) in [5.41, 5.74) is 1.72. The van der Waals surface area contributed by atoms with Gasteiger partial charge in [-0.05, 0) is 15.9 Å². The van der Waals surface area contributed by atoms with Crippen LogP contribution >= 0.6 is 27.3 Å². The monoisotopic (exact) mass is 334 g/mol. The number of aliphatic hydroxyl groups excluding tert-OH is 1. The Morgan fingerprint density at radius 1 is 1.56 bits per heavy atom. The van der Waals surface area contributed by atoms with Gasteiger partial charge in [0.2, 0.25) is 0 Å². The van der Waals surface area contributed by atoms with Crippen LogP contribution in [0.15, 0.2) is 3.79 Å². The number of carbonyl (C=O) groups excluding carboxylic acids is 1. The third kappa shape index (κ3) is 1.85. The summed E-state index contributed by atoms with van der Waals surface area (Å²) in [6, 6.07) is -0.339. The average molecular weight is 335 g/mol. The van der Waals surface area contributed by atoms with E-state index in [0.29, 0.717) is 17.8 Å². The van der Waals surface area contributed by atoms with Gasteiger partial charge < -0.3 is 15.3 Å². The van der Waals surface area contributed by atoms with Gasteiger partial charge in [-0.25, -0.2) is 4.39 Å². The maximum absolute atomic E-state index is 13.7. The first-order valence-corrected chi connectivity index (χ1v) is 7.33. The maximum atomic E-state index is 13.7. The molecule has 1 amide bonds. The van der Waals surface area contributed by atoms with Crippen LogP contribution in [-0.4, -0.2) is 42.9 Å². The first kappa shape index (κ1) is 12.4. The number of anilines is 1. The highest BCUT2D eigenvalue weighted by Crippen LogP contribution is 2.44. The first-order chi connectivity index (χ1) is 8.60. The van der Waals surface area contributed by atoms with Gasteiger partial charge in [0.05, 0.1) is 22.1 Å². The predicted octanol–water partition coefficient (Wildman–Crippen LogP) is 1.32. The zero-order chi connectivity index (χ0) is 12.9. The number of nitrogens with one attached hydrogen (secondary N) is 1. The summed E-state index contributed by atoms with van der Waals surface area (Å²) < 4.78 is 14.6. The Kier molecular flexibility index (Phi) is 3.07. The van der Waals surface area contributed by atoms with E-state index in [2.05, 4.69) is 21.2 Å². The summed E-state index contributed by atoms with van der Waals surface area (Å²) in [5, 5.41) is 12.0. The second-order valence-corrected chi connectivity index (χ2v) is 6.93. The zero-order valence-electron chi connectivity index (χ0n) is 9.45. The van der Waals surface area contributed by atoms with Gasteiger partial charge in [0.15, 0.2) is 0 Å². The molecule has 0 spiro atoms. The lowest BCUT2D eigenvalue weighted by Crippen LogP contribution is -2.46. The number of thiophene rings is 1. The molecule has 1 aromatic rings. The van der Waals surface area contributed by atoms with Crippen LogP contribution in [0.5, 0.6) is 0 Å². The van der Waals surface area contributed by atoms with Gasteiger partial charge in [-0.2, -0.15) is 0 Å².